The van der Waals surface area contributed by atoms with Crippen molar-refractivity contribution in [3.63, 3.8) is 0 Å². The van der Waals surface area contributed by atoms with Crippen LogP contribution in [0, 0.1) is 19.8 Å². The Morgan fingerprint density at radius 3 is 2.78 bits per heavy atom. The lowest BCUT2D eigenvalue weighted by molar-refractivity contribution is 0.866. The van der Waals surface area contributed by atoms with Gasteiger partial charge in [-0.2, -0.15) is 0 Å². The van der Waals surface area contributed by atoms with Gasteiger partial charge in [0.2, 0.25) is 0 Å². The SMILES string of the molecule is CC/C=C\c1nc(C)cc(NC/C=C\C=C=CCSSc2ccccc2N/C(C=CN)=C2\C=C(C)C=CC2C)c1C. The summed E-state index contributed by atoms with van der Waals surface area (Å²) in [7, 11) is 3.54. The quantitative estimate of drug-likeness (QED) is 0.0946. The van der Waals surface area contributed by atoms with Crippen LogP contribution in [0.5, 0.6) is 0 Å². The number of para-hydroxylation sites is 1. The molecular formula is C35H42N4S2. The predicted octanol–water partition coefficient (Wildman–Crippen LogP) is 9.53. The molecule has 0 spiro atoms. The Morgan fingerprint density at radius 1 is 1.15 bits per heavy atom. The zero-order valence-electron chi connectivity index (χ0n) is 24.8. The molecule has 214 valence electrons. The maximum absolute atomic E-state index is 5.80. The Bertz CT molecular complexity index is 1420. The summed E-state index contributed by atoms with van der Waals surface area (Å²) in [6, 6.07) is 10.5. The zero-order chi connectivity index (χ0) is 29.5. The molecule has 41 heavy (non-hydrogen) atoms. The molecule has 2 aromatic rings. The molecule has 1 aromatic carbocycles. The summed E-state index contributed by atoms with van der Waals surface area (Å²) in [4.78, 5) is 5.83. The number of hydrogen-bond acceptors (Lipinski definition) is 6. The minimum atomic E-state index is 0.318. The average molecular weight is 583 g/mol. The van der Waals surface area contributed by atoms with E-state index in [9.17, 15) is 0 Å². The molecule has 0 saturated carbocycles. The third-order valence-electron chi connectivity index (χ3n) is 6.36. The first kappa shape index (κ1) is 32.0. The van der Waals surface area contributed by atoms with Crippen molar-refractivity contribution < 1.29 is 0 Å². The van der Waals surface area contributed by atoms with Crippen LogP contribution in [0.3, 0.4) is 0 Å². The van der Waals surface area contributed by atoms with E-state index < -0.39 is 0 Å². The Kier molecular flexibility index (Phi) is 13.5. The van der Waals surface area contributed by atoms with Gasteiger partial charge in [0.1, 0.15) is 0 Å². The third-order valence-corrected chi connectivity index (χ3v) is 8.61. The van der Waals surface area contributed by atoms with Crippen molar-refractivity contribution in [3.8, 4) is 0 Å². The fourth-order valence-electron chi connectivity index (χ4n) is 4.19. The zero-order valence-corrected chi connectivity index (χ0v) is 26.4. The molecular weight excluding hydrogens is 541 g/mol. The Morgan fingerprint density at radius 2 is 1.98 bits per heavy atom. The normalized spacial score (nSPS) is 16.2. The van der Waals surface area contributed by atoms with Gasteiger partial charge in [0.15, 0.2) is 0 Å². The number of allylic oxidation sites excluding steroid dienone is 8. The summed E-state index contributed by atoms with van der Waals surface area (Å²) >= 11 is 0. The molecule has 1 aliphatic rings. The number of nitrogens with two attached hydrogens (primary N) is 1. The highest BCUT2D eigenvalue weighted by atomic mass is 33.1. The summed E-state index contributed by atoms with van der Waals surface area (Å²) in [6.45, 7) is 11.3. The van der Waals surface area contributed by atoms with Gasteiger partial charge in [-0.3, -0.25) is 4.98 Å². The van der Waals surface area contributed by atoms with E-state index >= 15 is 0 Å². The first-order valence-electron chi connectivity index (χ1n) is 14.0. The summed E-state index contributed by atoms with van der Waals surface area (Å²) in [5.41, 5.74) is 18.0. The van der Waals surface area contributed by atoms with E-state index in [2.05, 4.69) is 122 Å². The molecule has 6 heteroatoms. The van der Waals surface area contributed by atoms with E-state index in [0.29, 0.717) is 5.92 Å². The van der Waals surface area contributed by atoms with E-state index in [1.54, 1.807) is 27.8 Å². The molecule has 1 atom stereocenters. The highest BCUT2D eigenvalue weighted by Crippen LogP contribution is 2.37. The van der Waals surface area contributed by atoms with Crippen LogP contribution >= 0.6 is 21.6 Å². The summed E-state index contributed by atoms with van der Waals surface area (Å²) in [5.74, 6) is 1.17. The minimum Gasteiger partial charge on any atom is -0.405 e. The third kappa shape index (κ3) is 10.4. The lowest BCUT2D eigenvalue weighted by atomic mass is 9.91. The molecule has 0 amide bonds. The highest BCUT2D eigenvalue weighted by Gasteiger charge is 2.14. The van der Waals surface area contributed by atoms with Crippen molar-refractivity contribution in [2.75, 3.05) is 22.9 Å². The van der Waals surface area contributed by atoms with E-state index in [1.165, 1.54) is 21.6 Å². The smallest absolute Gasteiger partial charge is 0.0679 e. The Hall–Kier alpha value is -3.57. The summed E-state index contributed by atoms with van der Waals surface area (Å²) in [5, 5.41) is 7.13. The van der Waals surface area contributed by atoms with Crippen molar-refractivity contribution in [1.29, 1.82) is 0 Å². The van der Waals surface area contributed by atoms with Crippen LogP contribution in [0.4, 0.5) is 11.4 Å². The van der Waals surface area contributed by atoms with Crippen LogP contribution in [0.2, 0.25) is 0 Å². The maximum Gasteiger partial charge on any atom is 0.0679 e. The Balaban J connectivity index is 1.52. The molecule has 4 nitrogen and oxygen atoms in total. The molecule has 0 aliphatic heterocycles. The van der Waals surface area contributed by atoms with Gasteiger partial charge in [-0.15, -0.1) is 5.73 Å². The van der Waals surface area contributed by atoms with Crippen LogP contribution in [0.1, 0.15) is 44.1 Å². The highest BCUT2D eigenvalue weighted by molar-refractivity contribution is 8.76. The summed E-state index contributed by atoms with van der Waals surface area (Å²) < 4.78 is 0. The van der Waals surface area contributed by atoms with Crippen molar-refractivity contribution in [3.05, 3.63) is 131 Å². The van der Waals surface area contributed by atoms with Crippen LogP contribution in [0.15, 0.2) is 119 Å². The van der Waals surface area contributed by atoms with Gasteiger partial charge >= 0.3 is 0 Å². The van der Waals surface area contributed by atoms with Crippen molar-refractivity contribution in [2.24, 2.45) is 11.7 Å². The number of aromatic nitrogens is 1. The van der Waals surface area contributed by atoms with Crippen LogP contribution < -0.4 is 16.4 Å². The molecule has 0 fully saturated rings. The van der Waals surface area contributed by atoms with Crippen LogP contribution in [-0.2, 0) is 0 Å². The first-order chi connectivity index (χ1) is 19.9. The number of nitrogens with zero attached hydrogens (tertiary/aromatic N) is 1. The fourth-order valence-corrected chi connectivity index (χ4v) is 6.11. The van der Waals surface area contributed by atoms with Gasteiger partial charge in [-0.05, 0) is 87.0 Å². The van der Waals surface area contributed by atoms with Gasteiger partial charge in [0.05, 0.1) is 11.4 Å². The number of aryl methyl sites for hydroxylation is 1. The number of rotatable bonds is 13. The average Bonchev–Trinajstić information content (AvgIpc) is 2.96. The molecule has 0 bridgehead atoms. The molecule has 1 unspecified atom stereocenters. The van der Waals surface area contributed by atoms with E-state index in [-0.39, 0.29) is 0 Å². The van der Waals surface area contributed by atoms with E-state index in [0.717, 1.165) is 47.2 Å². The molecule has 1 heterocycles. The van der Waals surface area contributed by atoms with Crippen LogP contribution in [-0.4, -0.2) is 17.3 Å². The fraction of sp³-hybridized carbons (Fsp3) is 0.257. The largest absolute Gasteiger partial charge is 0.405 e. The Labute approximate surface area is 254 Å². The lowest BCUT2D eigenvalue weighted by Gasteiger charge is -2.20. The molecule has 1 aliphatic carbocycles. The molecule has 3 rings (SSSR count). The lowest BCUT2D eigenvalue weighted by Crippen LogP contribution is -2.09. The van der Waals surface area contributed by atoms with E-state index in [4.69, 9.17) is 5.73 Å². The first-order valence-corrected chi connectivity index (χ1v) is 16.3. The van der Waals surface area contributed by atoms with Crippen LogP contribution in [0.25, 0.3) is 6.08 Å². The number of pyridine rings is 1. The molecule has 4 N–H and O–H groups in total. The molecule has 0 saturated heterocycles. The standard InChI is InChI=1S/C35H42N4S2/c1-6-7-15-31-29(5)34(25-28(4)38-31)37-22-13-9-8-10-14-23-40-41-35-17-12-11-16-33(35)39-32(20-21-36)30-24-26(2)18-19-27(30)3/h7-9,11-21,24-25,27,39H,6,22-23,36H2,1-5H3,(H,37,38)/b13-9-,15-7-,21-20?,32-30+. The van der Waals surface area contributed by atoms with Gasteiger partial charge in [0, 0.05) is 40.2 Å². The number of nitrogens with one attached hydrogen (secondary N) is 2. The maximum atomic E-state index is 5.80. The second-order valence-electron chi connectivity index (χ2n) is 9.73. The number of hydrogen-bond donors (Lipinski definition) is 3. The van der Waals surface area contributed by atoms with Crippen molar-refractivity contribution >= 4 is 39.0 Å². The van der Waals surface area contributed by atoms with Crippen molar-refractivity contribution in [1.82, 2.24) is 4.98 Å². The van der Waals surface area contributed by atoms with Gasteiger partial charge < -0.3 is 16.4 Å². The second-order valence-corrected chi connectivity index (χ2v) is 12.1. The molecule has 0 radical (unpaired) electrons. The predicted molar refractivity (Wildman–Crippen MR) is 184 cm³/mol. The summed E-state index contributed by atoms with van der Waals surface area (Å²) in [6.07, 6.45) is 23.5. The second kappa shape index (κ2) is 17.3. The number of anilines is 2. The monoisotopic (exact) mass is 582 g/mol. The van der Waals surface area contributed by atoms with E-state index in [1.807, 2.05) is 25.2 Å². The minimum absolute atomic E-state index is 0.318. The van der Waals surface area contributed by atoms with Gasteiger partial charge in [0.25, 0.3) is 0 Å². The van der Waals surface area contributed by atoms with Gasteiger partial charge in [-0.25, -0.2) is 0 Å². The van der Waals surface area contributed by atoms with Gasteiger partial charge in [-0.1, -0.05) is 89.6 Å². The number of benzene rings is 1. The molecule has 1 aromatic heterocycles. The van der Waals surface area contributed by atoms with Crippen molar-refractivity contribution in [2.45, 2.75) is 45.9 Å². The topological polar surface area (TPSA) is 63.0 Å².